The van der Waals surface area contributed by atoms with E-state index in [1.165, 1.54) is 5.56 Å². The van der Waals surface area contributed by atoms with Crippen molar-refractivity contribution in [2.45, 2.75) is 46.1 Å². The molecule has 1 aromatic heterocycles. The highest BCUT2D eigenvalue weighted by atomic mass is 16.2. The summed E-state index contributed by atoms with van der Waals surface area (Å²) in [7, 11) is 0. The van der Waals surface area contributed by atoms with Crippen LogP contribution in [-0.4, -0.2) is 46.1 Å². The van der Waals surface area contributed by atoms with E-state index in [1.807, 2.05) is 34.7 Å². The maximum Gasteiger partial charge on any atom is 0.257 e. The van der Waals surface area contributed by atoms with Crippen molar-refractivity contribution in [3.63, 3.8) is 0 Å². The number of nitrogens with one attached hydrogen (secondary N) is 1. The number of hydrogen-bond donors (Lipinski definition) is 1. The molecule has 1 aliphatic heterocycles. The molecule has 2 aromatic rings. The molecular weight excluding hydrogens is 352 g/mol. The first-order valence-corrected chi connectivity index (χ1v) is 10.2. The van der Waals surface area contributed by atoms with Crippen LogP contribution in [-0.2, 0) is 17.8 Å². The first kappa shape index (κ1) is 20.1. The number of piperidine rings is 1. The van der Waals surface area contributed by atoms with Crippen molar-refractivity contribution in [2.75, 3.05) is 19.6 Å². The Morgan fingerprint density at radius 1 is 1.18 bits per heavy atom. The molecule has 6 heteroatoms. The maximum atomic E-state index is 12.8. The van der Waals surface area contributed by atoms with Crippen molar-refractivity contribution in [3.05, 3.63) is 53.3 Å². The molecule has 0 atom stereocenters. The highest BCUT2D eigenvalue weighted by Gasteiger charge is 2.29. The van der Waals surface area contributed by atoms with E-state index in [0.29, 0.717) is 38.0 Å². The van der Waals surface area contributed by atoms with E-state index in [2.05, 4.69) is 29.5 Å². The van der Waals surface area contributed by atoms with E-state index >= 15 is 0 Å². The fourth-order valence-electron chi connectivity index (χ4n) is 3.73. The second-order valence-electron chi connectivity index (χ2n) is 7.46. The van der Waals surface area contributed by atoms with Gasteiger partial charge in [0.05, 0.1) is 11.8 Å². The predicted molar refractivity (Wildman–Crippen MR) is 109 cm³/mol. The lowest BCUT2D eigenvalue weighted by atomic mass is 9.95. The molecule has 1 aromatic carbocycles. The maximum absolute atomic E-state index is 12.8. The highest BCUT2D eigenvalue weighted by molar-refractivity contribution is 5.95. The standard InChI is InChI=1S/C22H30N4O2/c1-3-13-26-17(2)20(16-24-26)22(28)25-14-10-19(11-15-25)21(27)23-12-9-18-7-5-4-6-8-18/h4-8,16,19H,3,9-15H2,1-2H3,(H,23,27). The molecule has 0 unspecified atom stereocenters. The Balaban J connectivity index is 1.46. The molecular formula is C22H30N4O2. The third-order valence-electron chi connectivity index (χ3n) is 5.48. The summed E-state index contributed by atoms with van der Waals surface area (Å²) in [6.07, 6.45) is 4.93. The summed E-state index contributed by atoms with van der Waals surface area (Å²) < 4.78 is 1.89. The van der Waals surface area contributed by atoms with Gasteiger partial charge in [-0.1, -0.05) is 37.3 Å². The van der Waals surface area contributed by atoms with Gasteiger partial charge in [-0.05, 0) is 38.2 Å². The smallest absolute Gasteiger partial charge is 0.257 e. The molecule has 1 fully saturated rings. The fraction of sp³-hybridized carbons (Fsp3) is 0.500. The predicted octanol–water partition coefficient (Wildman–Crippen LogP) is 2.81. The largest absolute Gasteiger partial charge is 0.356 e. The van der Waals surface area contributed by atoms with E-state index in [-0.39, 0.29) is 17.7 Å². The van der Waals surface area contributed by atoms with Crippen LogP contribution in [0.2, 0.25) is 0 Å². The van der Waals surface area contributed by atoms with Crippen LogP contribution >= 0.6 is 0 Å². The van der Waals surface area contributed by atoms with Gasteiger partial charge < -0.3 is 10.2 Å². The second-order valence-corrected chi connectivity index (χ2v) is 7.46. The van der Waals surface area contributed by atoms with Gasteiger partial charge in [-0.2, -0.15) is 5.10 Å². The molecule has 0 spiro atoms. The first-order valence-electron chi connectivity index (χ1n) is 10.2. The monoisotopic (exact) mass is 382 g/mol. The zero-order valence-corrected chi connectivity index (χ0v) is 16.9. The molecule has 1 N–H and O–H groups in total. The van der Waals surface area contributed by atoms with Crippen LogP contribution in [0.1, 0.15) is 47.8 Å². The third kappa shape index (κ3) is 4.80. The lowest BCUT2D eigenvalue weighted by molar-refractivity contribution is -0.126. The Morgan fingerprint density at radius 2 is 1.89 bits per heavy atom. The average Bonchev–Trinajstić information content (AvgIpc) is 3.09. The minimum absolute atomic E-state index is 0.0104. The van der Waals surface area contributed by atoms with Crippen LogP contribution < -0.4 is 5.32 Å². The van der Waals surface area contributed by atoms with Gasteiger partial charge >= 0.3 is 0 Å². The van der Waals surface area contributed by atoms with Crippen molar-refractivity contribution in [1.29, 1.82) is 0 Å². The number of aromatic nitrogens is 2. The molecule has 28 heavy (non-hydrogen) atoms. The van der Waals surface area contributed by atoms with Crippen LogP contribution in [0.5, 0.6) is 0 Å². The molecule has 1 aliphatic rings. The third-order valence-corrected chi connectivity index (χ3v) is 5.48. The number of carbonyl (C=O) groups excluding carboxylic acids is 2. The number of aryl methyl sites for hydroxylation is 1. The summed E-state index contributed by atoms with van der Waals surface area (Å²) in [6, 6.07) is 10.2. The van der Waals surface area contributed by atoms with E-state index in [0.717, 1.165) is 25.1 Å². The van der Waals surface area contributed by atoms with E-state index < -0.39 is 0 Å². The van der Waals surface area contributed by atoms with Crippen molar-refractivity contribution < 1.29 is 9.59 Å². The van der Waals surface area contributed by atoms with Gasteiger partial charge in [0.25, 0.3) is 5.91 Å². The van der Waals surface area contributed by atoms with Gasteiger partial charge in [0.2, 0.25) is 5.91 Å². The number of amides is 2. The Morgan fingerprint density at radius 3 is 2.57 bits per heavy atom. The van der Waals surface area contributed by atoms with Crippen LogP contribution in [0.3, 0.4) is 0 Å². The molecule has 1 saturated heterocycles. The van der Waals surface area contributed by atoms with Gasteiger partial charge in [0.15, 0.2) is 0 Å². The number of carbonyl (C=O) groups is 2. The summed E-state index contributed by atoms with van der Waals surface area (Å²) in [5.41, 5.74) is 2.83. The van der Waals surface area contributed by atoms with Crippen LogP contribution in [0, 0.1) is 12.8 Å². The SMILES string of the molecule is CCCn1ncc(C(=O)N2CCC(C(=O)NCCc3ccccc3)CC2)c1C. The Kier molecular flexibility index (Phi) is 6.85. The molecule has 2 heterocycles. The van der Waals surface area contributed by atoms with E-state index in [9.17, 15) is 9.59 Å². The van der Waals surface area contributed by atoms with Crippen LogP contribution in [0.25, 0.3) is 0 Å². The summed E-state index contributed by atoms with van der Waals surface area (Å²) in [5, 5.41) is 7.38. The van der Waals surface area contributed by atoms with Crippen molar-refractivity contribution in [1.82, 2.24) is 20.0 Å². The normalized spacial score (nSPS) is 14.9. The van der Waals surface area contributed by atoms with Crippen LogP contribution in [0.15, 0.2) is 36.5 Å². The van der Waals surface area contributed by atoms with Crippen molar-refractivity contribution in [3.8, 4) is 0 Å². The molecule has 0 bridgehead atoms. The number of hydrogen-bond acceptors (Lipinski definition) is 3. The van der Waals surface area contributed by atoms with E-state index in [1.54, 1.807) is 6.20 Å². The Bertz CT molecular complexity index is 792. The molecule has 150 valence electrons. The quantitative estimate of drug-likeness (QED) is 0.801. The highest BCUT2D eigenvalue weighted by Crippen LogP contribution is 2.20. The first-order chi connectivity index (χ1) is 13.6. The molecule has 3 rings (SSSR count). The molecule has 6 nitrogen and oxygen atoms in total. The zero-order valence-electron chi connectivity index (χ0n) is 16.9. The lowest BCUT2D eigenvalue weighted by Gasteiger charge is -2.31. The van der Waals surface area contributed by atoms with Crippen molar-refractivity contribution in [2.24, 2.45) is 5.92 Å². The molecule has 0 aliphatic carbocycles. The zero-order chi connectivity index (χ0) is 19.9. The molecule has 0 saturated carbocycles. The number of benzene rings is 1. The van der Waals surface area contributed by atoms with Gasteiger partial charge in [0.1, 0.15) is 0 Å². The number of rotatable bonds is 7. The van der Waals surface area contributed by atoms with E-state index in [4.69, 9.17) is 0 Å². The summed E-state index contributed by atoms with van der Waals surface area (Å²) >= 11 is 0. The number of nitrogens with zero attached hydrogens (tertiary/aromatic N) is 3. The Labute approximate surface area is 166 Å². The lowest BCUT2D eigenvalue weighted by Crippen LogP contribution is -2.43. The topological polar surface area (TPSA) is 67.2 Å². The van der Waals surface area contributed by atoms with Crippen molar-refractivity contribution >= 4 is 11.8 Å². The van der Waals surface area contributed by atoms with Crippen LogP contribution in [0.4, 0.5) is 0 Å². The average molecular weight is 383 g/mol. The van der Waals surface area contributed by atoms with Gasteiger partial charge in [-0.15, -0.1) is 0 Å². The molecule has 2 amide bonds. The second kappa shape index (κ2) is 9.53. The minimum atomic E-state index is -0.0104. The number of likely N-dealkylation sites (tertiary alicyclic amines) is 1. The fourth-order valence-corrected chi connectivity index (χ4v) is 3.73. The molecule has 0 radical (unpaired) electrons. The minimum Gasteiger partial charge on any atom is -0.356 e. The van der Waals surface area contributed by atoms with Gasteiger partial charge in [0, 0.05) is 37.8 Å². The Hall–Kier alpha value is -2.63. The van der Waals surface area contributed by atoms with Gasteiger partial charge in [-0.25, -0.2) is 0 Å². The summed E-state index contributed by atoms with van der Waals surface area (Å²) in [6.45, 7) is 6.76. The summed E-state index contributed by atoms with van der Waals surface area (Å²) in [4.78, 5) is 27.1. The summed E-state index contributed by atoms with van der Waals surface area (Å²) in [5.74, 6) is 0.126. The van der Waals surface area contributed by atoms with Gasteiger partial charge in [-0.3, -0.25) is 14.3 Å².